The standard InChI is InChI=1S/C25H29ClN4O.C2H2O4/c26-23-9-10-24(31-19-11-21-6-2-1-3-7-21)22(20-23)8-4-14-29-15-17-30(18-16-29)25-27-12-5-13-28-25;3-1(4)2(5)6/h1-3,5-7,9-10,12-13,20H,4,8,11,14-19H2;(H,3,4)(H,5,6). The summed E-state index contributed by atoms with van der Waals surface area (Å²) in [7, 11) is 0. The number of hydrogen-bond acceptors (Lipinski definition) is 7. The first-order valence-corrected chi connectivity index (χ1v) is 12.5. The van der Waals surface area contributed by atoms with Crippen molar-refractivity contribution >= 4 is 29.5 Å². The number of carboxylic acids is 2. The molecule has 3 aromatic rings. The molecule has 2 aromatic carbocycles. The number of aryl methyl sites for hydroxylation is 1. The zero-order chi connectivity index (χ0) is 26.5. The van der Waals surface area contributed by atoms with Crippen LogP contribution in [0.2, 0.25) is 5.02 Å². The van der Waals surface area contributed by atoms with E-state index in [9.17, 15) is 0 Å². The first-order valence-electron chi connectivity index (χ1n) is 12.1. The number of carbonyl (C=O) groups is 2. The highest BCUT2D eigenvalue weighted by Gasteiger charge is 2.18. The third kappa shape index (κ3) is 9.70. The minimum Gasteiger partial charge on any atom is -0.493 e. The molecule has 1 saturated heterocycles. The highest BCUT2D eigenvalue weighted by molar-refractivity contribution is 6.30. The summed E-state index contributed by atoms with van der Waals surface area (Å²) < 4.78 is 6.11. The molecule has 0 atom stereocenters. The second-order valence-electron chi connectivity index (χ2n) is 8.43. The third-order valence-electron chi connectivity index (χ3n) is 5.82. The van der Waals surface area contributed by atoms with Crippen LogP contribution < -0.4 is 9.64 Å². The molecule has 0 unspecified atom stereocenters. The minimum absolute atomic E-state index is 0.669. The summed E-state index contributed by atoms with van der Waals surface area (Å²) in [5.41, 5.74) is 2.48. The summed E-state index contributed by atoms with van der Waals surface area (Å²) >= 11 is 6.27. The van der Waals surface area contributed by atoms with Gasteiger partial charge in [-0.05, 0) is 54.8 Å². The molecule has 2 N–H and O–H groups in total. The SMILES string of the molecule is Clc1ccc(OCCc2ccccc2)c(CCCN2CCN(c3ncccn3)CC2)c1.O=C(O)C(=O)O. The number of rotatable bonds is 9. The fraction of sp³-hybridized carbons (Fsp3) is 0.333. The van der Waals surface area contributed by atoms with E-state index in [0.29, 0.717) is 6.61 Å². The number of nitrogens with zero attached hydrogens (tertiary/aromatic N) is 4. The van der Waals surface area contributed by atoms with Crippen molar-refractivity contribution in [3.05, 3.63) is 83.1 Å². The van der Waals surface area contributed by atoms with Crippen molar-refractivity contribution in [2.75, 3.05) is 44.2 Å². The van der Waals surface area contributed by atoms with E-state index in [1.807, 2.05) is 30.3 Å². The first kappa shape index (κ1) is 27.9. The predicted molar refractivity (Wildman–Crippen MR) is 141 cm³/mol. The van der Waals surface area contributed by atoms with Gasteiger partial charge in [-0.3, -0.25) is 4.90 Å². The average molecular weight is 527 g/mol. The van der Waals surface area contributed by atoms with E-state index >= 15 is 0 Å². The van der Waals surface area contributed by atoms with Crippen LogP contribution in [0.5, 0.6) is 5.75 Å². The van der Waals surface area contributed by atoms with Gasteiger partial charge >= 0.3 is 11.9 Å². The Morgan fingerprint density at radius 3 is 2.22 bits per heavy atom. The minimum atomic E-state index is -1.82. The van der Waals surface area contributed by atoms with Gasteiger partial charge in [0.15, 0.2) is 0 Å². The van der Waals surface area contributed by atoms with Gasteiger partial charge in [-0.1, -0.05) is 41.9 Å². The number of hydrogen-bond donors (Lipinski definition) is 2. The van der Waals surface area contributed by atoms with E-state index in [2.05, 4.69) is 44.0 Å². The fourth-order valence-corrected chi connectivity index (χ4v) is 4.12. The van der Waals surface area contributed by atoms with E-state index in [0.717, 1.165) is 68.7 Å². The Morgan fingerprint density at radius 1 is 0.892 bits per heavy atom. The van der Waals surface area contributed by atoms with Crippen molar-refractivity contribution in [3.8, 4) is 5.75 Å². The molecule has 4 rings (SSSR count). The lowest BCUT2D eigenvalue weighted by Gasteiger charge is -2.34. The molecule has 196 valence electrons. The lowest BCUT2D eigenvalue weighted by atomic mass is 10.1. The van der Waals surface area contributed by atoms with Crippen molar-refractivity contribution in [3.63, 3.8) is 0 Å². The van der Waals surface area contributed by atoms with Crippen LogP contribution in [0.3, 0.4) is 0 Å². The highest BCUT2D eigenvalue weighted by Crippen LogP contribution is 2.25. The van der Waals surface area contributed by atoms with Gasteiger partial charge in [-0.25, -0.2) is 19.6 Å². The Hall–Kier alpha value is -3.69. The predicted octanol–water partition coefficient (Wildman–Crippen LogP) is 3.66. The number of anilines is 1. The second-order valence-corrected chi connectivity index (χ2v) is 8.86. The van der Waals surface area contributed by atoms with Crippen LogP contribution in [-0.4, -0.2) is 76.4 Å². The van der Waals surface area contributed by atoms with Gasteiger partial charge < -0.3 is 19.8 Å². The second kappa shape index (κ2) is 14.8. The summed E-state index contributed by atoms with van der Waals surface area (Å²) in [6, 6.07) is 18.3. The number of piperazine rings is 1. The van der Waals surface area contributed by atoms with Gasteiger partial charge in [-0.2, -0.15) is 0 Å². The van der Waals surface area contributed by atoms with E-state index in [4.69, 9.17) is 36.1 Å². The van der Waals surface area contributed by atoms with Gasteiger partial charge in [0.2, 0.25) is 5.95 Å². The average Bonchev–Trinajstić information content (AvgIpc) is 2.92. The zero-order valence-electron chi connectivity index (χ0n) is 20.5. The first-order chi connectivity index (χ1) is 17.9. The maximum absolute atomic E-state index is 9.10. The van der Waals surface area contributed by atoms with Crippen molar-refractivity contribution in [1.82, 2.24) is 14.9 Å². The molecule has 0 spiro atoms. The van der Waals surface area contributed by atoms with Gasteiger partial charge in [0.05, 0.1) is 6.61 Å². The summed E-state index contributed by atoms with van der Waals surface area (Å²) in [5.74, 6) is -1.87. The van der Waals surface area contributed by atoms with Gasteiger partial charge in [0.1, 0.15) is 5.75 Å². The summed E-state index contributed by atoms with van der Waals surface area (Å²) in [6.07, 6.45) is 6.55. The molecule has 1 fully saturated rings. The van der Waals surface area contributed by atoms with Crippen LogP contribution in [0, 0.1) is 0 Å². The molecule has 0 saturated carbocycles. The van der Waals surface area contributed by atoms with Crippen molar-refractivity contribution in [2.24, 2.45) is 0 Å². The molecule has 1 aliphatic rings. The molecule has 10 heteroatoms. The van der Waals surface area contributed by atoms with E-state index < -0.39 is 11.9 Å². The largest absolute Gasteiger partial charge is 0.493 e. The summed E-state index contributed by atoms with van der Waals surface area (Å²) in [4.78, 5) is 31.7. The Labute approximate surface area is 221 Å². The highest BCUT2D eigenvalue weighted by atomic mass is 35.5. The molecule has 1 aromatic heterocycles. The van der Waals surface area contributed by atoms with Crippen LogP contribution in [0.1, 0.15) is 17.5 Å². The Kier molecular flexibility index (Phi) is 11.1. The van der Waals surface area contributed by atoms with Gasteiger partial charge in [-0.15, -0.1) is 0 Å². The van der Waals surface area contributed by atoms with Crippen molar-refractivity contribution < 1.29 is 24.5 Å². The zero-order valence-corrected chi connectivity index (χ0v) is 21.3. The molecular weight excluding hydrogens is 496 g/mol. The van der Waals surface area contributed by atoms with Gasteiger partial charge in [0, 0.05) is 50.0 Å². The summed E-state index contributed by atoms with van der Waals surface area (Å²) in [5, 5.41) is 15.5. The normalized spacial score (nSPS) is 13.4. The fourth-order valence-electron chi connectivity index (χ4n) is 3.93. The molecule has 0 aliphatic carbocycles. The molecule has 37 heavy (non-hydrogen) atoms. The van der Waals surface area contributed by atoms with Crippen LogP contribution in [0.25, 0.3) is 0 Å². The molecule has 0 radical (unpaired) electrons. The lowest BCUT2D eigenvalue weighted by Crippen LogP contribution is -2.47. The smallest absolute Gasteiger partial charge is 0.414 e. The molecular formula is C27H31ClN4O5. The molecule has 1 aliphatic heterocycles. The van der Waals surface area contributed by atoms with E-state index in [1.165, 1.54) is 11.1 Å². The quantitative estimate of drug-likeness (QED) is 0.403. The third-order valence-corrected chi connectivity index (χ3v) is 6.06. The van der Waals surface area contributed by atoms with Crippen LogP contribution in [0.15, 0.2) is 67.0 Å². The number of halogens is 1. The topological polar surface area (TPSA) is 116 Å². The van der Waals surface area contributed by atoms with Gasteiger partial charge in [0.25, 0.3) is 0 Å². The number of ether oxygens (including phenoxy) is 1. The van der Waals surface area contributed by atoms with Crippen LogP contribution in [0.4, 0.5) is 5.95 Å². The Bertz CT molecular complexity index is 1110. The molecule has 9 nitrogen and oxygen atoms in total. The summed E-state index contributed by atoms with van der Waals surface area (Å²) in [6.45, 7) is 5.74. The number of benzene rings is 2. The Balaban J connectivity index is 0.000000568. The Morgan fingerprint density at radius 2 is 1.57 bits per heavy atom. The van der Waals surface area contributed by atoms with Crippen molar-refractivity contribution in [1.29, 1.82) is 0 Å². The van der Waals surface area contributed by atoms with E-state index in [-0.39, 0.29) is 0 Å². The lowest BCUT2D eigenvalue weighted by molar-refractivity contribution is -0.159. The van der Waals surface area contributed by atoms with Crippen LogP contribution in [-0.2, 0) is 22.4 Å². The monoisotopic (exact) mass is 526 g/mol. The maximum atomic E-state index is 9.10. The maximum Gasteiger partial charge on any atom is 0.414 e. The molecule has 0 bridgehead atoms. The van der Waals surface area contributed by atoms with Crippen LogP contribution >= 0.6 is 11.6 Å². The number of aromatic nitrogens is 2. The number of carboxylic acid groups (broad SMARTS) is 2. The molecule has 0 amide bonds. The van der Waals surface area contributed by atoms with Crippen molar-refractivity contribution in [2.45, 2.75) is 19.3 Å². The number of aliphatic carboxylic acids is 2. The van der Waals surface area contributed by atoms with E-state index in [1.54, 1.807) is 12.4 Å². The molecule has 2 heterocycles.